The zero-order chi connectivity index (χ0) is 12.8. The average molecular weight is 233 g/mol. The van der Waals surface area contributed by atoms with Gasteiger partial charge in [-0.15, -0.1) is 0 Å². The zero-order valence-corrected chi connectivity index (χ0v) is 10.5. The summed E-state index contributed by atoms with van der Waals surface area (Å²) < 4.78 is 0. The molecule has 2 N–H and O–H groups in total. The van der Waals surface area contributed by atoms with Gasteiger partial charge in [0.2, 0.25) is 0 Å². The number of carbonyl (C=O) groups is 1. The van der Waals surface area contributed by atoms with E-state index in [4.69, 9.17) is 5.11 Å². The Hall–Kier alpha value is -1.61. The van der Waals surface area contributed by atoms with E-state index in [9.17, 15) is 4.79 Å². The van der Waals surface area contributed by atoms with Crippen molar-refractivity contribution in [2.24, 2.45) is 0 Å². The molecule has 0 aliphatic heterocycles. The molecule has 0 aliphatic rings. The summed E-state index contributed by atoms with van der Waals surface area (Å²) in [5.74, 6) is -0.866. The average Bonchev–Trinajstić information content (AvgIpc) is 2.29. The molecule has 0 bridgehead atoms. The molecule has 1 atom stereocenters. The molecule has 3 nitrogen and oxygen atoms in total. The van der Waals surface area contributed by atoms with Crippen LogP contribution in [0.2, 0.25) is 0 Å². The fraction of sp³-hybridized carbons (Fsp3) is 0.357. The Morgan fingerprint density at radius 3 is 2.53 bits per heavy atom. The van der Waals surface area contributed by atoms with E-state index in [0.29, 0.717) is 12.1 Å². The largest absolute Gasteiger partial charge is 0.478 e. The van der Waals surface area contributed by atoms with Crippen LogP contribution in [0.15, 0.2) is 35.9 Å². The van der Waals surface area contributed by atoms with Crippen LogP contribution in [0.1, 0.15) is 31.0 Å². The van der Waals surface area contributed by atoms with Crippen LogP contribution in [0.3, 0.4) is 0 Å². The van der Waals surface area contributed by atoms with Gasteiger partial charge in [0.05, 0.1) is 0 Å². The molecule has 0 radical (unpaired) electrons. The standard InChI is InChI=1S/C14H19NO2/c1-10-4-6-13(7-5-10)12(3)15-9-8-11(2)14(16)17/h4-8,12,15H,9H2,1-3H3,(H,16,17)/b11-8-. The normalized spacial score (nSPS) is 13.5. The van der Waals surface area contributed by atoms with Crippen molar-refractivity contribution < 1.29 is 9.90 Å². The minimum absolute atomic E-state index is 0.216. The van der Waals surface area contributed by atoms with E-state index >= 15 is 0 Å². The minimum Gasteiger partial charge on any atom is -0.478 e. The number of benzene rings is 1. The number of aryl methyl sites for hydroxylation is 1. The van der Waals surface area contributed by atoms with Crippen LogP contribution in [0.25, 0.3) is 0 Å². The lowest BCUT2D eigenvalue weighted by molar-refractivity contribution is -0.132. The molecule has 0 aliphatic carbocycles. The van der Waals surface area contributed by atoms with Crippen molar-refractivity contribution in [1.82, 2.24) is 5.32 Å². The van der Waals surface area contributed by atoms with Gasteiger partial charge in [-0.3, -0.25) is 0 Å². The molecule has 1 aromatic rings. The third-order valence-electron chi connectivity index (χ3n) is 2.75. The Balaban J connectivity index is 2.50. The van der Waals surface area contributed by atoms with Gasteiger partial charge in [-0.1, -0.05) is 35.9 Å². The summed E-state index contributed by atoms with van der Waals surface area (Å²) in [6.45, 7) is 6.28. The van der Waals surface area contributed by atoms with Crippen LogP contribution in [-0.4, -0.2) is 17.6 Å². The maximum absolute atomic E-state index is 10.6. The summed E-state index contributed by atoms with van der Waals surface area (Å²) in [5.41, 5.74) is 2.81. The summed E-state index contributed by atoms with van der Waals surface area (Å²) in [4.78, 5) is 10.6. The second-order valence-electron chi connectivity index (χ2n) is 4.23. The second-order valence-corrected chi connectivity index (χ2v) is 4.23. The summed E-state index contributed by atoms with van der Waals surface area (Å²) in [7, 11) is 0. The predicted octanol–water partition coefficient (Wildman–Crippen LogP) is 2.68. The molecular formula is C14H19NO2. The molecule has 17 heavy (non-hydrogen) atoms. The molecular weight excluding hydrogens is 214 g/mol. The third-order valence-corrected chi connectivity index (χ3v) is 2.75. The van der Waals surface area contributed by atoms with Gasteiger partial charge in [-0.25, -0.2) is 4.79 Å². The van der Waals surface area contributed by atoms with E-state index in [1.54, 1.807) is 13.0 Å². The first-order chi connectivity index (χ1) is 8.00. The minimum atomic E-state index is -0.866. The maximum atomic E-state index is 10.6. The smallest absolute Gasteiger partial charge is 0.330 e. The molecule has 0 saturated carbocycles. The van der Waals surface area contributed by atoms with E-state index in [0.717, 1.165) is 0 Å². The quantitative estimate of drug-likeness (QED) is 0.769. The summed E-state index contributed by atoms with van der Waals surface area (Å²) >= 11 is 0. The Morgan fingerprint density at radius 1 is 1.41 bits per heavy atom. The molecule has 0 fully saturated rings. The number of carboxylic acid groups (broad SMARTS) is 1. The van der Waals surface area contributed by atoms with E-state index in [1.165, 1.54) is 11.1 Å². The second kappa shape index (κ2) is 6.21. The molecule has 0 heterocycles. The van der Waals surface area contributed by atoms with Gasteiger partial charge in [-0.05, 0) is 26.3 Å². The lowest BCUT2D eigenvalue weighted by atomic mass is 10.1. The number of aliphatic carboxylic acids is 1. The van der Waals surface area contributed by atoms with Gasteiger partial charge >= 0.3 is 5.97 Å². The van der Waals surface area contributed by atoms with Crippen molar-refractivity contribution in [3.63, 3.8) is 0 Å². The van der Waals surface area contributed by atoms with Crippen molar-refractivity contribution >= 4 is 5.97 Å². The molecule has 1 rings (SSSR count). The van der Waals surface area contributed by atoms with Crippen LogP contribution in [0.5, 0.6) is 0 Å². The number of carboxylic acids is 1. The highest BCUT2D eigenvalue weighted by molar-refractivity contribution is 5.85. The number of rotatable bonds is 5. The lowest BCUT2D eigenvalue weighted by Crippen LogP contribution is -2.19. The Labute approximate surface area is 102 Å². The Morgan fingerprint density at radius 2 is 2.00 bits per heavy atom. The van der Waals surface area contributed by atoms with Gasteiger partial charge < -0.3 is 10.4 Å². The predicted molar refractivity (Wildman–Crippen MR) is 69.0 cm³/mol. The van der Waals surface area contributed by atoms with Crippen LogP contribution >= 0.6 is 0 Å². The maximum Gasteiger partial charge on any atom is 0.330 e. The molecule has 0 amide bonds. The number of hydrogen-bond acceptors (Lipinski definition) is 2. The van der Waals surface area contributed by atoms with Crippen LogP contribution in [0.4, 0.5) is 0 Å². The molecule has 0 aromatic heterocycles. The van der Waals surface area contributed by atoms with Crippen molar-refractivity contribution in [1.29, 1.82) is 0 Å². The third kappa shape index (κ3) is 4.41. The molecule has 0 spiro atoms. The summed E-state index contributed by atoms with van der Waals surface area (Å²) in [5, 5.41) is 12.0. The van der Waals surface area contributed by atoms with Crippen LogP contribution in [0, 0.1) is 6.92 Å². The highest BCUT2D eigenvalue weighted by Crippen LogP contribution is 2.12. The molecule has 92 valence electrons. The first-order valence-corrected chi connectivity index (χ1v) is 5.70. The van der Waals surface area contributed by atoms with Gasteiger partial charge in [0.15, 0.2) is 0 Å². The number of nitrogens with one attached hydrogen (secondary N) is 1. The molecule has 3 heteroatoms. The van der Waals surface area contributed by atoms with E-state index in [2.05, 4.69) is 43.4 Å². The van der Waals surface area contributed by atoms with Crippen molar-refractivity contribution in [3.05, 3.63) is 47.0 Å². The van der Waals surface area contributed by atoms with E-state index in [-0.39, 0.29) is 6.04 Å². The van der Waals surface area contributed by atoms with E-state index < -0.39 is 5.97 Å². The van der Waals surface area contributed by atoms with Crippen LogP contribution < -0.4 is 5.32 Å². The molecule has 1 unspecified atom stereocenters. The first kappa shape index (κ1) is 13.5. The lowest BCUT2D eigenvalue weighted by Gasteiger charge is -2.13. The van der Waals surface area contributed by atoms with Crippen LogP contribution in [-0.2, 0) is 4.79 Å². The Bertz CT molecular complexity index is 407. The SMILES string of the molecule is C/C(=C/CNC(C)c1ccc(C)cc1)C(=O)O. The zero-order valence-electron chi connectivity index (χ0n) is 10.5. The van der Waals surface area contributed by atoms with Gasteiger partial charge in [0.25, 0.3) is 0 Å². The molecule has 1 aromatic carbocycles. The van der Waals surface area contributed by atoms with Crippen molar-refractivity contribution in [2.75, 3.05) is 6.54 Å². The highest BCUT2D eigenvalue weighted by Gasteiger charge is 2.03. The monoisotopic (exact) mass is 233 g/mol. The van der Waals surface area contributed by atoms with Crippen molar-refractivity contribution in [2.45, 2.75) is 26.8 Å². The summed E-state index contributed by atoms with van der Waals surface area (Å²) in [6.07, 6.45) is 1.69. The number of hydrogen-bond donors (Lipinski definition) is 2. The van der Waals surface area contributed by atoms with Gasteiger partial charge in [0, 0.05) is 18.2 Å². The van der Waals surface area contributed by atoms with E-state index in [1.807, 2.05) is 0 Å². The fourth-order valence-corrected chi connectivity index (χ4v) is 1.45. The summed E-state index contributed by atoms with van der Waals surface area (Å²) in [6, 6.07) is 8.53. The Kier molecular flexibility index (Phi) is 4.91. The fourth-order valence-electron chi connectivity index (χ4n) is 1.45. The highest BCUT2D eigenvalue weighted by atomic mass is 16.4. The first-order valence-electron chi connectivity index (χ1n) is 5.70. The van der Waals surface area contributed by atoms with Gasteiger partial charge in [-0.2, -0.15) is 0 Å². The molecule has 0 saturated heterocycles. The van der Waals surface area contributed by atoms with Gasteiger partial charge in [0.1, 0.15) is 0 Å². The van der Waals surface area contributed by atoms with Crippen molar-refractivity contribution in [3.8, 4) is 0 Å². The topological polar surface area (TPSA) is 49.3 Å².